The Kier molecular flexibility index (Phi) is 3.26. The molecule has 0 heterocycles. The molecule has 106 valence electrons. The Labute approximate surface area is 122 Å². The largest absolute Gasteiger partial charge is 0.508 e. The lowest BCUT2D eigenvalue weighted by molar-refractivity contribution is 0.432. The zero-order chi connectivity index (χ0) is 15.0. The molecule has 3 rings (SSSR count). The van der Waals surface area contributed by atoms with Crippen LogP contribution < -0.4 is 0 Å². The first kappa shape index (κ1) is 13.4. The van der Waals surface area contributed by atoms with Crippen LogP contribution in [0.15, 0.2) is 48.5 Å². The third-order valence-electron chi connectivity index (χ3n) is 3.69. The molecule has 3 aromatic rings. The fourth-order valence-electron chi connectivity index (χ4n) is 2.58. The monoisotopic (exact) mass is 282 g/mol. The molecule has 0 aromatic heterocycles. The van der Waals surface area contributed by atoms with Crippen LogP contribution in [-0.4, -0.2) is 10.2 Å². The number of rotatable bonds is 2. The maximum absolute atomic E-state index is 13.5. The SMILES string of the molecule is CCc1cc(O)cc2ccc(-c3ccc(O)c(F)c3)cc12. The van der Waals surface area contributed by atoms with Gasteiger partial charge in [-0.05, 0) is 64.2 Å². The number of halogens is 1. The predicted molar refractivity (Wildman–Crippen MR) is 82.0 cm³/mol. The summed E-state index contributed by atoms with van der Waals surface area (Å²) >= 11 is 0. The standard InChI is InChI=1S/C18H15FO2/c1-2-11-7-15(20)8-14-4-3-12(9-16(11)14)13-5-6-18(21)17(19)10-13/h3-10,20-21H,2H2,1H3. The van der Waals surface area contributed by atoms with Crippen molar-refractivity contribution in [1.29, 1.82) is 0 Å². The molecule has 21 heavy (non-hydrogen) atoms. The van der Waals surface area contributed by atoms with Crippen molar-refractivity contribution in [3.8, 4) is 22.6 Å². The average Bonchev–Trinajstić information content (AvgIpc) is 2.48. The van der Waals surface area contributed by atoms with E-state index in [0.717, 1.165) is 28.3 Å². The maximum Gasteiger partial charge on any atom is 0.165 e. The number of hydrogen-bond donors (Lipinski definition) is 2. The molecule has 0 aliphatic rings. The summed E-state index contributed by atoms with van der Waals surface area (Å²) in [5, 5.41) is 21.0. The Morgan fingerprint density at radius 2 is 1.62 bits per heavy atom. The van der Waals surface area contributed by atoms with Gasteiger partial charge in [0.25, 0.3) is 0 Å². The first-order valence-corrected chi connectivity index (χ1v) is 6.83. The highest BCUT2D eigenvalue weighted by molar-refractivity contribution is 5.91. The van der Waals surface area contributed by atoms with Gasteiger partial charge in [0.2, 0.25) is 0 Å². The van der Waals surface area contributed by atoms with E-state index >= 15 is 0 Å². The van der Waals surface area contributed by atoms with Gasteiger partial charge in [0, 0.05) is 0 Å². The predicted octanol–water partition coefficient (Wildman–Crippen LogP) is 4.62. The van der Waals surface area contributed by atoms with Crippen LogP contribution in [0.4, 0.5) is 4.39 Å². The highest BCUT2D eigenvalue weighted by atomic mass is 19.1. The van der Waals surface area contributed by atoms with Gasteiger partial charge in [0.05, 0.1) is 0 Å². The third-order valence-corrected chi connectivity index (χ3v) is 3.69. The number of benzene rings is 3. The molecule has 3 heteroatoms. The molecule has 0 radical (unpaired) electrons. The van der Waals surface area contributed by atoms with E-state index in [0.29, 0.717) is 5.56 Å². The quantitative estimate of drug-likeness (QED) is 0.720. The van der Waals surface area contributed by atoms with E-state index in [2.05, 4.69) is 0 Å². The molecule has 0 unspecified atom stereocenters. The molecular formula is C18H15FO2. The van der Waals surface area contributed by atoms with E-state index in [9.17, 15) is 14.6 Å². The fraction of sp³-hybridized carbons (Fsp3) is 0.111. The van der Waals surface area contributed by atoms with E-state index in [4.69, 9.17) is 0 Å². The van der Waals surface area contributed by atoms with Crippen molar-refractivity contribution in [3.63, 3.8) is 0 Å². The van der Waals surface area contributed by atoms with Crippen molar-refractivity contribution in [2.45, 2.75) is 13.3 Å². The Morgan fingerprint density at radius 1 is 0.905 bits per heavy atom. The van der Waals surface area contributed by atoms with Gasteiger partial charge in [-0.1, -0.05) is 25.1 Å². The molecule has 2 nitrogen and oxygen atoms in total. The molecule has 0 aliphatic carbocycles. The van der Waals surface area contributed by atoms with E-state index in [-0.39, 0.29) is 11.5 Å². The Balaban J connectivity index is 2.20. The molecule has 0 amide bonds. The summed E-state index contributed by atoms with van der Waals surface area (Å²) in [5.41, 5.74) is 2.63. The lowest BCUT2D eigenvalue weighted by atomic mass is 9.97. The van der Waals surface area contributed by atoms with Gasteiger partial charge in [-0.3, -0.25) is 0 Å². The normalized spacial score (nSPS) is 11.0. The van der Waals surface area contributed by atoms with Gasteiger partial charge < -0.3 is 10.2 Å². The number of aryl methyl sites for hydroxylation is 1. The van der Waals surface area contributed by atoms with E-state index in [1.807, 2.05) is 25.1 Å². The molecule has 2 N–H and O–H groups in total. The topological polar surface area (TPSA) is 40.5 Å². The van der Waals surface area contributed by atoms with Crippen LogP contribution >= 0.6 is 0 Å². The minimum Gasteiger partial charge on any atom is -0.508 e. The molecule has 0 aliphatic heterocycles. The number of fused-ring (bicyclic) bond motifs is 1. The van der Waals surface area contributed by atoms with Gasteiger partial charge in [0.15, 0.2) is 11.6 Å². The minimum absolute atomic E-state index is 0.253. The molecule has 3 aromatic carbocycles. The van der Waals surface area contributed by atoms with Crippen LogP contribution in [0, 0.1) is 5.82 Å². The fourth-order valence-corrected chi connectivity index (χ4v) is 2.58. The highest BCUT2D eigenvalue weighted by Crippen LogP contribution is 2.31. The third kappa shape index (κ3) is 2.42. The van der Waals surface area contributed by atoms with Crippen molar-refractivity contribution >= 4 is 10.8 Å². The van der Waals surface area contributed by atoms with Crippen molar-refractivity contribution in [2.75, 3.05) is 0 Å². The van der Waals surface area contributed by atoms with Gasteiger partial charge in [-0.25, -0.2) is 4.39 Å². The minimum atomic E-state index is -0.631. The molecule has 0 atom stereocenters. The summed E-state index contributed by atoms with van der Waals surface area (Å²) in [6.45, 7) is 2.03. The highest BCUT2D eigenvalue weighted by Gasteiger charge is 2.07. The smallest absolute Gasteiger partial charge is 0.165 e. The van der Waals surface area contributed by atoms with Crippen molar-refractivity contribution < 1.29 is 14.6 Å². The molecule has 0 saturated carbocycles. The van der Waals surface area contributed by atoms with Crippen molar-refractivity contribution in [2.24, 2.45) is 0 Å². The van der Waals surface area contributed by atoms with Gasteiger partial charge in [-0.2, -0.15) is 0 Å². The van der Waals surface area contributed by atoms with Gasteiger partial charge in [-0.15, -0.1) is 0 Å². The first-order chi connectivity index (χ1) is 10.1. The van der Waals surface area contributed by atoms with Gasteiger partial charge >= 0.3 is 0 Å². The second-order valence-corrected chi connectivity index (χ2v) is 5.06. The number of phenols is 2. The van der Waals surface area contributed by atoms with Crippen LogP contribution in [0.25, 0.3) is 21.9 Å². The maximum atomic E-state index is 13.5. The lowest BCUT2D eigenvalue weighted by Crippen LogP contribution is -1.86. The molecule has 0 spiro atoms. The van der Waals surface area contributed by atoms with Crippen LogP contribution in [-0.2, 0) is 6.42 Å². The van der Waals surface area contributed by atoms with Crippen LogP contribution in [0.3, 0.4) is 0 Å². The molecule has 0 bridgehead atoms. The Bertz CT molecular complexity index is 825. The van der Waals surface area contributed by atoms with Crippen molar-refractivity contribution in [1.82, 2.24) is 0 Å². The average molecular weight is 282 g/mol. The van der Waals surface area contributed by atoms with E-state index in [1.165, 1.54) is 12.1 Å². The Morgan fingerprint density at radius 3 is 2.33 bits per heavy atom. The summed E-state index contributed by atoms with van der Waals surface area (Å²) in [6, 6.07) is 13.6. The lowest BCUT2D eigenvalue weighted by Gasteiger charge is -2.09. The second-order valence-electron chi connectivity index (χ2n) is 5.06. The van der Waals surface area contributed by atoms with Crippen LogP contribution in [0.5, 0.6) is 11.5 Å². The second kappa shape index (κ2) is 5.09. The van der Waals surface area contributed by atoms with Crippen molar-refractivity contribution in [3.05, 3.63) is 59.9 Å². The number of aromatic hydroxyl groups is 2. The number of phenolic OH excluding ortho intramolecular Hbond substituents is 2. The van der Waals surface area contributed by atoms with E-state index in [1.54, 1.807) is 18.2 Å². The van der Waals surface area contributed by atoms with Crippen LogP contribution in [0.1, 0.15) is 12.5 Å². The zero-order valence-electron chi connectivity index (χ0n) is 11.6. The summed E-state index contributed by atoms with van der Waals surface area (Å²) in [5.74, 6) is -0.726. The summed E-state index contributed by atoms with van der Waals surface area (Å²) in [7, 11) is 0. The summed E-state index contributed by atoms with van der Waals surface area (Å²) < 4.78 is 13.5. The molecule has 0 fully saturated rings. The number of hydrogen-bond acceptors (Lipinski definition) is 2. The van der Waals surface area contributed by atoms with Crippen LogP contribution in [0.2, 0.25) is 0 Å². The first-order valence-electron chi connectivity index (χ1n) is 6.83. The zero-order valence-corrected chi connectivity index (χ0v) is 11.6. The molecule has 0 saturated heterocycles. The van der Waals surface area contributed by atoms with Gasteiger partial charge in [0.1, 0.15) is 5.75 Å². The summed E-state index contributed by atoms with van der Waals surface area (Å²) in [6.07, 6.45) is 0.804. The van der Waals surface area contributed by atoms with E-state index < -0.39 is 5.82 Å². The Hall–Kier alpha value is -2.55. The summed E-state index contributed by atoms with van der Waals surface area (Å²) in [4.78, 5) is 0. The molecular weight excluding hydrogens is 267 g/mol.